The summed E-state index contributed by atoms with van der Waals surface area (Å²) in [5.41, 5.74) is 0.684. The van der Waals surface area contributed by atoms with Crippen LogP contribution < -0.4 is 9.62 Å². The normalized spacial score (nSPS) is 14.6. The number of nitrogens with zero attached hydrogens (tertiary/aromatic N) is 3. The molecule has 11 nitrogen and oxygen atoms in total. The predicted octanol–water partition coefficient (Wildman–Crippen LogP) is 0.990. The van der Waals surface area contributed by atoms with Gasteiger partial charge >= 0.3 is 18.1 Å². The highest BCUT2D eigenvalue weighted by Gasteiger charge is 2.38. The van der Waals surface area contributed by atoms with Crippen LogP contribution in [0.2, 0.25) is 0 Å². The topological polar surface area (TPSA) is 148 Å². The SMILES string of the molecule is CCS(=O)(=O)Nc1ccc(N2CCN(CC(=O)N(C)C)CC2)cc1C(=O)O.O=C(O)C(F)(F)F. The number of benzene rings is 1. The zero-order valence-electron chi connectivity index (χ0n) is 18.8. The van der Waals surface area contributed by atoms with Crippen LogP contribution in [-0.2, 0) is 19.6 Å². The highest BCUT2D eigenvalue weighted by atomic mass is 32.2. The summed E-state index contributed by atoms with van der Waals surface area (Å²) in [4.78, 5) is 37.9. The summed E-state index contributed by atoms with van der Waals surface area (Å²) < 4.78 is 57.5. The van der Waals surface area contributed by atoms with Gasteiger partial charge in [0, 0.05) is 46.0 Å². The molecule has 1 aromatic rings. The third-order valence-electron chi connectivity index (χ3n) is 4.72. The fourth-order valence-electron chi connectivity index (χ4n) is 2.73. The highest BCUT2D eigenvalue weighted by Crippen LogP contribution is 2.25. The van der Waals surface area contributed by atoms with Crippen LogP contribution in [0.1, 0.15) is 17.3 Å². The zero-order chi connectivity index (χ0) is 26.3. The number of halogens is 3. The van der Waals surface area contributed by atoms with Crippen LogP contribution in [0.5, 0.6) is 0 Å². The molecule has 1 amide bonds. The Balaban J connectivity index is 0.000000718. The van der Waals surface area contributed by atoms with Gasteiger partial charge in [-0.15, -0.1) is 0 Å². The van der Waals surface area contributed by atoms with Crippen molar-refractivity contribution >= 4 is 39.2 Å². The molecule has 192 valence electrons. The van der Waals surface area contributed by atoms with E-state index >= 15 is 0 Å². The van der Waals surface area contributed by atoms with Gasteiger partial charge in [-0.25, -0.2) is 18.0 Å². The first-order valence-corrected chi connectivity index (χ1v) is 11.6. The van der Waals surface area contributed by atoms with E-state index in [9.17, 15) is 36.3 Å². The third-order valence-corrected chi connectivity index (χ3v) is 6.01. The number of nitrogens with one attached hydrogen (secondary N) is 1. The van der Waals surface area contributed by atoms with Crippen LogP contribution in [-0.4, -0.2) is 105 Å². The summed E-state index contributed by atoms with van der Waals surface area (Å²) in [7, 11) is -0.117. The van der Waals surface area contributed by atoms with Crippen LogP contribution in [0, 0.1) is 0 Å². The Hall–Kier alpha value is -3.07. The van der Waals surface area contributed by atoms with Gasteiger partial charge < -0.3 is 20.0 Å². The lowest BCUT2D eigenvalue weighted by Crippen LogP contribution is -2.49. The number of likely N-dealkylation sites (N-methyl/N-ethyl adjacent to an activating group) is 1. The molecule has 1 aliphatic rings. The molecule has 1 aliphatic heterocycles. The maximum atomic E-state index is 11.8. The lowest BCUT2D eigenvalue weighted by atomic mass is 10.1. The molecule has 0 aliphatic carbocycles. The molecule has 0 bridgehead atoms. The van der Waals surface area contributed by atoms with E-state index in [2.05, 4.69) is 9.62 Å². The first kappa shape index (κ1) is 29.0. The minimum absolute atomic E-state index is 0.0455. The molecular formula is C19H27F3N4O7S. The lowest BCUT2D eigenvalue weighted by molar-refractivity contribution is -0.192. The number of piperazine rings is 1. The Labute approximate surface area is 194 Å². The first-order valence-electron chi connectivity index (χ1n) is 9.92. The fourth-order valence-corrected chi connectivity index (χ4v) is 3.39. The van der Waals surface area contributed by atoms with Crippen LogP contribution in [0.4, 0.5) is 24.5 Å². The summed E-state index contributed by atoms with van der Waals surface area (Å²) in [6, 6.07) is 4.67. The quantitative estimate of drug-likeness (QED) is 0.486. The number of amides is 1. The molecule has 0 saturated carbocycles. The van der Waals surface area contributed by atoms with Crippen molar-refractivity contribution in [2.75, 3.05) is 62.2 Å². The van der Waals surface area contributed by atoms with Crippen LogP contribution in [0.15, 0.2) is 18.2 Å². The van der Waals surface area contributed by atoms with Gasteiger partial charge in [-0.3, -0.25) is 14.4 Å². The monoisotopic (exact) mass is 512 g/mol. The molecule has 1 fully saturated rings. The van der Waals surface area contributed by atoms with E-state index in [4.69, 9.17) is 9.90 Å². The largest absolute Gasteiger partial charge is 0.490 e. The number of carboxylic acids is 2. The first-order chi connectivity index (χ1) is 15.6. The van der Waals surface area contributed by atoms with Gasteiger partial charge in [0.1, 0.15) is 0 Å². The van der Waals surface area contributed by atoms with Gasteiger partial charge in [-0.05, 0) is 25.1 Å². The van der Waals surface area contributed by atoms with Crippen molar-refractivity contribution in [3.8, 4) is 0 Å². The van der Waals surface area contributed by atoms with E-state index in [0.29, 0.717) is 38.4 Å². The second-order valence-electron chi connectivity index (χ2n) is 7.39. The Morgan fingerprint density at radius 1 is 1.09 bits per heavy atom. The smallest absolute Gasteiger partial charge is 0.478 e. The van der Waals surface area contributed by atoms with E-state index in [0.717, 1.165) is 0 Å². The lowest BCUT2D eigenvalue weighted by Gasteiger charge is -2.36. The molecule has 15 heteroatoms. The van der Waals surface area contributed by atoms with Gasteiger partial charge in [0.2, 0.25) is 15.9 Å². The van der Waals surface area contributed by atoms with Crippen molar-refractivity contribution in [2.45, 2.75) is 13.1 Å². The number of carboxylic acid groups (broad SMARTS) is 2. The number of rotatable bonds is 7. The molecular weight excluding hydrogens is 485 g/mol. The number of anilines is 2. The molecule has 1 heterocycles. The molecule has 34 heavy (non-hydrogen) atoms. The summed E-state index contributed by atoms with van der Waals surface area (Å²) in [5, 5.41) is 16.6. The van der Waals surface area contributed by atoms with E-state index in [1.807, 2.05) is 4.90 Å². The number of aromatic carboxylic acids is 1. The second-order valence-corrected chi connectivity index (χ2v) is 9.41. The van der Waals surface area contributed by atoms with Crippen molar-refractivity contribution in [3.63, 3.8) is 0 Å². The predicted molar refractivity (Wildman–Crippen MR) is 118 cm³/mol. The van der Waals surface area contributed by atoms with Gasteiger partial charge in [-0.2, -0.15) is 13.2 Å². The second kappa shape index (κ2) is 11.9. The molecule has 0 radical (unpaired) electrons. The van der Waals surface area contributed by atoms with Crippen molar-refractivity contribution in [2.24, 2.45) is 0 Å². The van der Waals surface area contributed by atoms with Gasteiger partial charge in [0.15, 0.2) is 0 Å². The third kappa shape index (κ3) is 9.05. The van der Waals surface area contributed by atoms with Gasteiger partial charge in [0.25, 0.3) is 0 Å². The summed E-state index contributed by atoms with van der Waals surface area (Å²) in [6.07, 6.45) is -5.08. The van der Waals surface area contributed by atoms with Crippen molar-refractivity contribution in [1.29, 1.82) is 0 Å². The average molecular weight is 513 g/mol. The van der Waals surface area contributed by atoms with Crippen molar-refractivity contribution < 1.29 is 46.2 Å². The molecule has 1 saturated heterocycles. The Morgan fingerprint density at radius 2 is 1.62 bits per heavy atom. The Kier molecular flexibility index (Phi) is 10.1. The molecule has 0 unspecified atom stereocenters. The molecule has 1 aromatic carbocycles. The number of aliphatic carboxylic acids is 1. The number of hydrogen-bond donors (Lipinski definition) is 3. The fraction of sp³-hybridized carbons (Fsp3) is 0.526. The highest BCUT2D eigenvalue weighted by molar-refractivity contribution is 7.92. The molecule has 0 aromatic heterocycles. The molecule has 0 atom stereocenters. The van der Waals surface area contributed by atoms with Crippen LogP contribution in [0.25, 0.3) is 0 Å². The maximum Gasteiger partial charge on any atom is 0.490 e. The van der Waals surface area contributed by atoms with Gasteiger partial charge in [-0.1, -0.05) is 0 Å². The number of hydrogen-bond acceptors (Lipinski definition) is 7. The average Bonchev–Trinajstić information content (AvgIpc) is 2.74. The molecule has 2 rings (SSSR count). The number of alkyl halides is 3. The standard InChI is InChI=1S/C17H26N4O5S.C2HF3O2/c1-4-27(25,26)18-15-6-5-13(11-14(15)17(23)24)21-9-7-20(8-10-21)12-16(22)19(2)3;3-2(4,5)1(6)7/h5-6,11,18H,4,7-10,12H2,1-3H3,(H,23,24);(H,6,7). The van der Waals surface area contributed by atoms with E-state index in [1.54, 1.807) is 25.1 Å². The van der Waals surface area contributed by atoms with E-state index < -0.39 is 28.1 Å². The molecule has 0 spiro atoms. The Bertz CT molecular complexity index is 992. The summed E-state index contributed by atoms with van der Waals surface area (Å²) in [5.74, 6) is -4.04. The number of sulfonamides is 1. The van der Waals surface area contributed by atoms with Crippen LogP contribution in [0.3, 0.4) is 0 Å². The van der Waals surface area contributed by atoms with Crippen LogP contribution >= 0.6 is 0 Å². The van der Waals surface area contributed by atoms with E-state index in [1.165, 1.54) is 19.1 Å². The minimum Gasteiger partial charge on any atom is -0.478 e. The summed E-state index contributed by atoms with van der Waals surface area (Å²) >= 11 is 0. The summed E-state index contributed by atoms with van der Waals surface area (Å²) in [6.45, 7) is 4.52. The zero-order valence-corrected chi connectivity index (χ0v) is 19.6. The van der Waals surface area contributed by atoms with Crippen molar-refractivity contribution in [1.82, 2.24) is 9.80 Å². The number of carbonyl (C=O) groups is 3. The minimum atomic E-state index is -5.08. The van der Waals surface area contributed by atoms with Gasteiger partial charge in [0.05, 0.1) is 23.5 Å². The maximum absolute atomic E-state index is 11.8. The number of carbonyl (C=O) groups excluding carboxylic acids is 1. The molecule has 3 N–H and O–H groups in total. The van der Waals surface area contributed by atoms with E-state index in [-0.39, 0.29) is 22.9 Å². The Morgan fingerprint density at radius 3 is 2.03 bits per heavy atom. The van der Waals surface area contributed by atoms with Crippen molar-refractivity contribution in [3.05, 3.63) is 23.8 Å².